The van der Waals surface area contributed by atoms with E-state index in [2.05, 4.69) is 64.4 Å². The lowest BCUT2D eigenvalue weighted by molar-refractivity contribution is 0.131. The topological polar surface area (TPSA) is 15.3 Å². The van der Waals surface area contributed by atoms with Gasteiger partial charge in [-0.3, -0.25) is 0 Å². The Morgan fingerprint density at radius 1 is 1.29 bits per heavy atom. The summed E-state index contributed by atoms with van der Waals surface area (Å²) in [6.07, 6.45) is 6.75. The van der Waals surface area contributed by atoms with Gasteiger partial charge in [0.2, 0.25) is 0 Å². The van der Waals surface area contributed by atoms with Crippen LogP contribution in [0, 0.1) is 5.92 Å². The Balaban J connectivity index is 1.56. The molecule has 2 saturated heterocycles. The molecular formula is C18H27BrN2. The Morgan fingerprint density at radius 2 is 2.00 bits per heavy atom. The molecule has 116 valence electrons. The number of benzene rings is 1. The average molecular weight is 351 g/mol. The lowest BCUT2D eigenvalue weighted by atomic mass is 9.90. The molecule has 0 aromatic heterocycles. The van der Waals surface area contributed by atoms with Crippen LogP contribution >= 0.6 is 15.9 Å². The largest absolute Gasteiger partial charge is 0.310 e. The van der Waals surface area contributed by atoms with E-state index in [0.29, 0.717) is 6.04 Å². The van der Waals surface area contributed by atoms with Crippen LogP contribution in [0.5, 0.6) is 0 Å². The molecule has 0 amide bonds. The number of nitrogens with zero attached hydrogens (tertiary/aromatic N) is 1. The molecule has 2 aliphatic heterocycles. The van der Waals surface area contributed by atoms with E-state index in [1.54, 1.807) is 0 Å². The monoisotopic (exact) mass is 350 g/mol. The van der Waals surface area contributed by atoms with E-state index in [-0.39, 0.29) is 0 Å². The van der Waals surface area contributed by atoms with Gasteiger partial charge in [-0.15, -0.1) is 0 Å². The summed E-state index contributed by atoms with van der Waals surface area (Å²) >= 11 is 3.58. The lowest BCUT2D eigenvalue weighted by Gasteiger charge is -2.37. The third kappa shape index (κ3) is 3.52. The van der Waals surface area contributed by atoms with Crippen molar-refractivity contribution < 1.29 is 0 Å². The summed E-state index contributed by atoms with van der Waals surface area (Å²) < 4.78 is 1.18. The highest BCUT2D eigenvalue weighted by Gasteiger charge is 2.38. The van der Waals surface area contributed by atoms with Gasteiger partial charge in [-0.2, -0.15) is 0 Å². The van der Waals surface area contributed by atoms with Crippen LogP contribution in [0.2, 0.25) is 0 Å². The molecule has 3 atom stereocenters. The number of rotatable bonds is 5. The van der Waals surface area contributed by atoms with Gasteiger partial charge >= 0.3 is 0 Å². The van der Waals surface area contributed by atoms with Gasteiger partial charge in [0.25, 0.3) is 0 Å². The van der Waals surface area contributed by atoms with Gasteiger partial charge in [0.05, 0.1) is 0 Å². The zero-order valence-electron chi connectivity index (χ0n) is 13.2. The molecule has 0 spiro atoms. The van der Waals surface area contributed by atoms with E-state index < -0.39 is 0 Å². The van der Waals surface area contributed by atoms with Crippen molar-refractivity contribution in [1.29, 1.82) is 0 Å². The standard InChI is InChI=1S/C18H27BrN2/c1-3-18(14-5-4-6-15(19)11-14)20-12-13-9-16-7-8-17(10-13)21(16)2/h4-6,11,13,16-18,20H,3,7-10,12H2,1-2H3. The van der Waals surface area contributed by atoms with Crippen LogP contribution in [-0.4, -0.2) is 30.6 Å². The Hall–Kier alpha value is -0.380. The van der Waals surface area contributed by atoms with E-state index in [9.17, 15) is 0 Å². The fraction of sp³-hybridized carbons (Fsp3) is 0.667. The normalized spacial score (nSPS) is 30.5. The van der Waals surface area contributed by atoms with Gasteiger partial charge in [-0.25, -0.2) is 0 Å². The lowest BCUT2D eigenvalue weighted by Crippen LogP contribution is -2.42. The Labute approximate surface area is 137 Å². The van der Waals surface area contributed by atoms with Crippen molar-refractivity contribution in [2.75, 3.05) is 13.6 Å². The third-order valence-electron chi connectivity index (χ3n) is 5.51. The van der Waals surface area contributed by atoms with Gasteiger partial charge in [0.1, 0.15) is 0 Å². The minimum atomic E-state index is 0.486. The molecule has 0 aliphatic carbocycles. The summed E-state index contributed by atoms with van der Waals surface area (Å²) in [5, 5.41) is 3.83. The summed E-state index contributed by atoms with van der Waals surface area (Å²) in [6.45, 7) is 3.45. The van der Waals surface area contributed by atoms with Crippen molar-refractivity contribution in [3.63, 3.8) is 0 Å². The molecule has 2 bridgehead atoms. The van der Waals surface area contributed by atoms with Crippen LogP contribution in [0.4, 0.5) is 0 Å². The average Bonchev–Trinajstić information content (AvgIpc) is 2.71. The first kappa shape index (κ1) is 15.5. The van der Waals surface area contributed by atoms with Gasteiger partial charge in [0.15, 0.2) is 0 Å². The van der Waals surface area contributed by atoms with Crippen LogP contribution < -0.4 is 5.32 Å². The molecule has 1 aromatic carbocycles. The fourth-order valence-electron chi connectivity index (χ4n) is 4.22. The highest BCUT2D eigenvalue weighted by atomic mass is 79.9. The van der Waals surface area contributed by atoms with Crippen LogP contribution in [0.1, 0.15) is 50.6 Å². The molecule has 1 N–H and O–H groups in total. The molecule has 2 heterocycles. The number of fused-ring (bicyclic) bond motifs is 2. The van der Waals surface area contributed by atoms with Crippen molar-refractivity contribution >= 4 is 15.9 Å². The molecule has 2 nitrogen and oxygen atoms in total. The minimum Gasteiger partial charge on any atom is -0.310 e. The van der Waals surface area contributed by atoms with Crippen molar-refractivity contribution in [3.05, 3.63) is 34.3 Å². The predicted molar refractivity (Wildman–Crippen MR) is 92.5 cm³/mol. The van der Waals surface area contributed by atoms with Crippen LogP contribution in [0.3, 0.4) is 0 Å². The SMILES string of the molecule is CCC(NCC1CC2CCC(C1)N2C)c1cccc(Br)c1. The predicted octanol–water partition coefficient (Wildman–Crippen LogP) is 4.36. The molecule has 1 aromatic rings. The zero-order chi connectivity index (χ0) is 14.8. The van der Waals surface area contributed by atoms with E-state index in [0.717, 1.165) is 24.4 Å². The van der Waals surface area contributed by atoms with Crippen LogP contribution in [-0.2, 0) is 0 Å². The number of piperidine rings is 1. The quantitative estimate of drug-likeness (QED) is 0.848. The minimum absolute atomic E-state index is 0.486. The summed E-state index contributed by atoms with van der Waals surface area (Å²) in [6, 6.07) is 10.9. The maximum absolute atomic E-state index is 3.83. The maximum Gasteiger partial charge on any atom is 0.0318 e. The highest BCUT2D eigenvalue weighted by molar-refractivity contribution is 9.10. The van der Waals surface area contributed by atoms with Crippen molar-refractivity contribution in [2.45, 2.75) is 57.2 Å². The second-order valence-electron chi connectivity index (χ2n) is 6.81. The molecule has 2 aliphatic rings. The second kappa shape index (κ2) is 6.80. The van der Waals surface area contributed by atoms with E-state index in [1.165, 1.54) is 42.3 Å². The van der Waals surface area contributed by atoms with E-state index in [4.69, 9.17) is 0 Å². The van der Waals surface area contributed by atoms with E-state index >= 15 is 0 Å². The zero-order valence-corrected chi connectivity index (χ0v) is 14.8. The summed E-state index contributed by atoms with van der Waals surface area (Å²) in [4.78, 5) is 2.63. The summed E-state index contributed by atoms with van der Waals surface area (Å²) in [7, 11) is 2.32. The van der Waals surface area contributed by atoms with Crippen molar-refractivity contribution in [1.82, 2.24) is 10.2 Å². The van der Waals surface area contributed by atoms with Gasteiger partial charge in [0, 0.05) is 22.6 Å². The highest BCUT2D eigenvalue weighted by Crippen LogP contribution is 2.37. The molecule has 21 heavy (non-hydrogen) atoms. The molecule has 0 radical (unpaired) electrons. The third-order valence-corrected chi connectivity index (χ3v) is 6.00. The Bertz CT molecular complexity index is 462. The second-order valence-corrected chi connectivity index (χ2v) is 7.73. The van der Waals surface area contributed by atoms with Gasteiger partial charge in [-0.1, -0.05) is 35.0 Å². The Morgan fingerprint density at radius 3 is 2.62 bits per heavy atom. The number of hydrogen-bond acceptors (Lipinski definition) is 2. The molecular weight excluding hydrogens is 324 g/mol. The first-order chi connectivity index (χ1) is 10.2. The molecule has 3 heteroatoms. The number of hydrogen-bond donors (Lipinski definition) is 1. The van der Waals surface area contributed by atoms with Crippen molar-refractivity contribution in [2.24, 2.45) is 5.92 Å². The fourth-order valence-corrected chi connectivity index (χ4v) is 4.64. The number of halogens is 1. The van der Waals surface area contributed by atoms with E-state index in [1.807, 2.05) is 0 Å². The van der Waals surface area contributed by atoms with Crippen LogP contribution in [0.25, 0.3) is 0 Å². The summed E-state index contributed by atoms with van der Waals surface area (Å²) in [5.74, 6) is 0.861. The smallest absolute Gasteiger partial charge is 0.0318 e. The van der Waals surface area contributed by atoms with Crippen molar-refractivity contribution in [3.8, 4) is 0 Å². The van der Waals surface area contributed by atoms with Gasteiger partial charge in [-0.05, 0) is 69.3 Å². The van der Waals surface area contributed by atoms with Crippen LogP contribution in [0.15, 0.2) is 28.7 Å². The number of nitrogens with one attached hydrogen (secondary N) is 1. The molecule has 0 saturated carbocycles. The molecule has 3 unspecified atom stereocenters. The molecule has 2 fully saturated rings. The summed E-state index contributed by atoms with van der Waals surface area (Å²) in [5.41, 5.74) is 1.41. The molecule has 3 rings (SSSR count). The first-order valence-corrected chi connectivity index (χ1v) is 9.17. The first-order valence-electron chi connectivity index (χ1n) is 8.38. The van der Waals surface area contributed by atoms with Gasteiger partial charge < -0.3 is 10.2 Å². The maximum atomic E-state index is 3.83. The Kier molecular flexibility index (Phi) is 5.03.